The Hall–Kier alpha value is -2.15. The number of benzene rings is 2. The molecule has 2 aromatic heterocycles. The molecule has 2 heterocycles. The van der Waals surface area contributed by atoms with Crippen molar-refractivity contribution in [1.29, 1.82) is 0 Å². The average Bonchev–Trinajstić information content (AvgIpc) is 2.95. The number of aromatic nitrogens is 3. The Labute approximate surface area is 134 Å². The molecule has 102 valence electrons. The Morgan fingerprint density at radius 3 is 2.90 bits per heavy atom. The lowest BCUT2D eigenvalue weighted by atomic mass is 10.2. The van der Waals surface area contributed by atoms with Crippen molar-refractivity contribution in [3.05, 3.63) is 58.6 Å². The molecule has 4 aromatic rings. The zero-order chi connectivity index (χ0) is 14.2. The molecule has 0 atom stereocenters. The molecule has 0 spiro atoms. The molecule has 0 saturated carbocycles. The first-order valence-electron chi connectivity index (χ1n) is 6.54. The molecule has 0 bridgehead atoms. The highest BCUT2D eigenvalue weighted by Crippen LogP contribution is 2.26. The van der Waals surface area contributed by atoms with Crippen LogP contribution in [0.4, 0.5) is 11.5 Å². The van der Waals surface area contributed by atoms with Crippen LogP contribution in [0.25, 0.3) is 21.8 Å². The van der Waals surface area contributed by atoms with Crippen LogP contribution in [-0.2, 0) is 0 Å². The predicted molar refractivity (Wildman–Crippen MR) is 93.8 cm³/mol. The molecular weight excluding hydrogens is 375 g/mol. The van der Waals surface area contributed by atoms with Crippen molar-refractivity contribution in [2.75, 3.05) is 5.32 Å². The van der Waals surface area contributed by atoms with Crippen LogP contribution in [0, 0.1) is 3.57 Å². The minimum Gasteiger partial charge on any atom is -0.361 e. The summed E-state index contributed by atoms with van der Waals surface area (Å²) in [6, 6.07) is 14.4. The predicted octanol–water partition coefficient (Wildman–Crippen LogP) is 4.46. The van der Waals surface area contributed by atoms with Gasteiger partial charge in [-0.05, 0) is 64.4 Å². The minimum atomic E-state index is 0.824. The van der Waals surface area contributed by atoms with Crippen molar-refractivity contribution < 1.29 is 0 Å². The Kier molecular flexibility index (Phi) is 2.99. The molecule has 4 rings (SSSR count). The van der Waals surface area contributed by atoms with Gasteiger partial charge in [-0.3, -0.25) is 0 Å². The third kappa shape index (κ3) is 2.33. The van der Waals surface area contributed by atoms with Crippen molar-refractivity contribution in [2.45, 2.75) is 0 Å². The molecule has 0 fully saturated rings. The number of halogens is 1. The number of nitrogens with zero attached hydrogens (tertiary/aromatic N) is 2. The third-order valence-electron chi connectivity index (χ3n) is 3.42. The lowest BCUT2D eigenvalue weighted by molar-refractivity contribution is 1.22. The van der Waals surface area contributed by atoms with E-state index in [9.17, 15) is 0 Å². The zero-order valence-electron chi connectivity index (χ0n) is 11.0. The number of hydrogen-bond acceptors (Lipinski definition) is 3. The Balaban J connectivity index is 1.81. The van der Waals surface area contributed by atoms with Crippen molar-refractivity contribution in [2.24, 2.45) is 0 Å². The van der Waals surface area contributed by atoms with Gasteiger partial charge in [-0.25, -0.2) is 9.97 Å². The highest BCUT2D eigenvalue weighted by Gasteiger charge is 2.05. The maximum Gasteiger partial charge on any atom is 0.141 e. The molecular formula is C16H11IN4. The summed E-state index contributed by atoms with van der Waals surface area (Å²) in [5, 5.41) is 5.60. The van der Waals surface area contributed by atoms with E-state index in [1.807, 2.05) is 18.3 Å². The van der Waals surface area contributed by atoms with Gasteiger partial charge in [-0.1, -0.05) is 6.07 Å². The van der Waals surface area contributed by atoms with Crippen LogP contribution in [0.3, 0.4) is 0 Å². The highest BCUT2D eigenvalue weighted by molar-refractivity contribution is 14.1. The van der Waals surface area contributed by atoms with Crippen LogP contribution < -0.4 is 5.32 Å². The summed E-state index contributed by atoms with van der Waals surface area (Å²) in [4.78, 5) is 11.9. The fourth-order valence-electron chi connectivity index (χ4n) is 2.39. The SMILES string of the molecule is Ic1ccc2ncnc(Nc3ccc4cc[nH]c4c3)c2c1. The van der Waals surface area contributed by atoms with Gasteiger partial charge in [0.1, 0.15) is 12.1 Å². The van der Waals surface area contributed by atoms with Crippen LogP contribution in [0.5, 0.6) is 0 Å². The summed E-state index contributed by atoms with van der Waals surface area (Å²) in [6.45, 7) is 0. The molecule has 0 amide bonds. The van der Waals surface area contributed by atoms with Gasteiger partial charge in [-0.15, -0.1) is 0 Å². The lowest BCUT2D eigenvalue weighted by Crippen LogP contribution is -1.96. The van der Waals surface area contributed by atoms with E-state index < -0.39 is 0 Å². The van der Waals surface area contributed by atoms with Crippen LogP contribution in [0.1, 0.15) is 0 Å². The fourth-order valence-corrected chi connectivity index (χ4v) is 2.88. The summed E-state index contributed by atoms with van der Waals surface area (Å²) >= 11 is 2.30. The molecule has 0 radical (unpaired) electrons. The Morgan fingerprint density at radius 2 is 1.95 bits per heavy atom. The van der Waals surface area contributed by atoms with Crippen molar-refractivity contribution >= 4 is 55.9 Å². The molecule has 21 heavy (non-hydrogen) atoms. The van der Waals surface area contributed by atoms with Crippen molar-refractivity contribution in [1.82, 2.24) is 15.0 Å². The van der Waals surface area contributed by atoms with Crippen LogP contribution >= 0.6 is 22.6 Å². The number of rotatable bonds is 2. The number of fused-ring (bicyclic) bond motifs is 2. The van der Waals surface area contributed by atoms with Gasteiger partial charge in [0, 0.05) is 26.4 Å². The summed E-state index contributed by atoms with van der Waals surface area (Å²) in [5.74, 6) is 0.824. The van der Waals surface area contributed by atoms with E-state index in [2.05, 4.69) is 73.2 Å². The van der Waals surface area contributed by atoms with Gasteiger partial charge in [0.25, 0.3) is 0 Å². The van der Waals surface area contributed by atoms with E-state index in [4.69, 9.17) is 0 Å². The second-order valence-electron chi connectivity index (χ2n) is 4.79. The molecule has 2 N–H and O–H groups in total. The Morgan fingerprint density at radius 1 is 1.00 bits per heavy atom. The molecule has 0 aliphatic heterocycles. The van der Waals surface area contributed by atoms with Gasteiger partial charge in [-0.2, -0.15) is 0 Å². The average molecular weight is 386 g/mol. The van der Waals surface area contributed by atoms with Gasteiger partial charge in [0.05, 0.1) is 5.52 Å². The van der Waals surface area contributed by atoms with E-state index in [0.717, 1.165) is 31.5 Å². The Bertz CT molecular complexity index is 945. The van der Waals surface area contributed by atoms with E-state index in [-0.39, 0.29) is 0 Å². The first-order chi connectivity index (χ1) is 10.3. The number of nitrogens with one attached hydrogen (secondary N) is 2. The number of hydrogen-bond donors (Lipinski definition) is 2. The molecule has 0 aliphatic carbocycles. The summed E-state index contributed by atoms with van der Waals surface area (Å²) in [7, 11) is 0. The summed E-state index contributed by atoms with van der Waals surface area (Å²) < 4.78 is 1.16. The number of H-pyrrole nitrogens is 1. The van der Waals surface area contributed by atoms with E-state index in [1.54, 1.807) is 6.33 Å². The smallest absolute Gasteiger partial charge is 0.141 e. The third-order valence-corrected chi connectivity index (χ3v) is 4.09. The molecule has 5 heteroatoms. The van der Waals surface area contributed by atoms with Crippen molar-refractivity contribution in [3.63, 3.8) is 0 Å². The zero-order valence-corrected chi connectivity index (χ0v) is 13.1. The van der Waals surface area contributed by atoms with Gasteiger partial charge < -0.3 is 10.3 Å². The summed E-state index contributed by atoms with van der Waals surface area (Å²) in [5.41, 5.74) is 3.05. The number of anilines is 2. The van der Waals surface area contributed by atoms with E-state index in [0.29, 0.717) is 0 Å². The van der Waals surface area contributed by atoms with Crippen LogP contribution in [0.2, 0.25) is 0 Å². The molecule has 0 unspecified atom stereocenters. The van der Waals surface area contributed by atoms with E-state index in [1.165, 1.54) is 5.39 Å². The first-order valence-corrected chi connectivity index (χ1v) is 7.62. The quantitative estimate of drug-likeness (QED) is 0.501. The van der Waals surface area contributed by atoms with Gasteiger partial charge >= 0.3 is 0 Å². The van der Waals surface area contributed by atoms with Gasteiger partial charge in [0.15, 0.2) is 0 Å². The summed E-state index contributed by atoms with van der Waals surface area (Å²) in [6.07, 6.45) is 3.53. The van der Waals surface area contributed by atoms with Crippen molar-refractivity contribution in [3.8, 4) is 0 Å². The maximum absolute atomic E-state index is 4.38. The molecule has 0 aliphatic rings. The normalized spacial score (nSPS) is 11.1. The minimum absolute atomic E-state index is 0.824. The van der Waals surface area contributed by atoms with Crippen LogP contribution in [-0.4, -0.2) is 15.0 Å². The number of aromatic amines is 1. The van der Waals surface area contributed by atoms with E-state index >= 15 is 0 Å². The molecule has 4 nitrogen and oxygen atoms in total. The largest absolute Gasteiger partial charge is 0.361 e. The van der Waals surface area contributed by atoms with Crippen LogP contribution in [0.15, 0.2) is 55.0 Å². The highest BCUT2D eigenvalue weighted by atomic mass is 127. The fraction of sp³-hybridized carbons (Fsp3) is 0. The second-order valence-corrected chi connectivity index (χ2v) is 6.03. The molecule has 0 saturated heterocycles. The standard InChI is InChI=1S/C16H11IN4/c17-11-2-4-14-13(7-11)16(20-9-19-14)21-12-3-1-10-5-6-18-15(10)8-12/h1-9,18H,(H,19,20,21). The second kappa shape index (κ2) is 5.00. The lowest BCUT2D eigenvalue weighted by Gasteiger charge is -2.08. The maximum atomic E-state index is 4.38. The topological polar surface area (TPSA) is 53.6 Å². The monoisotopic (exact) mass is 386 g/mol. The molecule has 2 aromatic carbocycles. The van der Waals surface area contributed by atoms with Gasteiger partial charge in [0.2, 0.25) is 0 Å². The first kappa shape index (κ1) is 12.6.